The molecule has 25 heavy (non-hydrogen) atoms. The Hall–Kier alpha value is -2.19. The first-order valence-corrected chi connectivity index (χ1v) is 9.59. The van der Waals surface area contributed by atoms with E-state index in [0.29, 0.717) is 10.3 Å². The number of thioether (sulfide) groups is 1. The van der Waals surface area contributed by atoms with Crippen LogP contribution in [0.5, 0.6) is 0 Å². The Kier molecular flexibility index (Phi) is 5.19. The highest BCUT2D eigenvalue weighted by atomic mass is 32.2. The summed E-state index contributed by atoms with van der Waals surface area (Å²) in [4.78, 5) is 17.4. The van der Waals surface area contributed by atoms with Gasteiger partial charge in [0.15, 0.2) is 10.3 Å². The van der Waals surface area contributed by atoms with Gasteiger partial charge >= 0.3 is 0 Å². The van der Waals surface area contributed by atoms with E-state index in [1.165, 1.54) is 28.7 Å². The smallest absolute Gasteiger partial charge is 0.236 e. The second kappa shape index (κ2) is 7.37. The fourth-order valence-electron chi connectivity index (χ4n) is 2.37. The molecule has 0 bridgehead atoms. The first-order valence-electron chi connectivity index (χ1n) is 7.79. The average Bonchev–Trinajstić information content (AvgIpc) is 3.13. The van der Waals surface area contributed by atoms with Crippen LogP contribution in [0.1, 0.15) is 21.8 Å². The van der Waals surface area contributed by atoms with Crippen molar-refractivity contribution in [3.63, 3.8) is 0 Å². The summed E-state index contributed by atoms with van der Waals surface area (Å²) < 4.78 is 1.99. The van der Waals surface area contributed by atoms with E-state index in [4.69, 9.17) is 0 Å². The zero-order valence-corrected chi connectivity index (χ0v) is 16.2. The van der Waals surface area contributed by atoms with Crippen LogP contribution in [0.15, 0.2) is 29.6 Å². The molecule has 3 rings (SSSR count). The van der Waals surface area contributed by atoms with Gasteiger partial charge in [0.25, 0.3) is 0 Å². The first-order chi connectivity index (χ1) is 11.9. The Morgan fingerprint density at radius 2 is 2.04 bits per heavy atom. The van der Waals surface area contributed by atoms with E-state index < -0.39 is 0 Å². The quantitative estimate of drug-likeness (QED) is 0.691. The van der Waals surface area contributed by atoms with E-state index in [0.717, 1.165) is 22.0 Å². The molecule has 6 nitrogen and oxygen atoms in total. The maximum absolute atomic E-state index is 12.1. The second-order valence-electron chi connectivity index (χ2n) is 5.77. The highest BCUT2D eigenvalue weighted by Gasteiger charge is 2.15. The molecule has 0 aliphatic rings. The van der Waals surface area contributed by atoms with E-state index in [-0.39, 0.29) is 11.7 Å². The molecule has 0 aliphatic carbocycles. The third-order valence-electron chi connectivity index (χ3n) is 3.60. The van der Waals surface area contributed by atoms with Crippen molar-refractivity contribution < 1.29 is 4.79 Å². The molecule has 0 radical (unpaired) electrons. The number of nitrogens with zero attached hydrogens (tertiary/aromatic N) is 4. The second-order valence-corrected chi connectivity index (χ2v) is 7.95. The summed E-state index contributed by atoms with van der Waals surface area (Å²) in [5, 5.41) is 12.5. The van der Waals surface area contributed by atoms with Crippen LogP contribution in [0.4, 0.5) is 5.13 Å². The molecule has 8 heteroatoms. The van der Waals surface area contributed by atoms with Crippen LogP contribution in [-0.2, 0) is 4.79 Å². The van der Waals surface area contributed by atoms with Gasteiger partial charge in [-0.25, -0.2) is 4.98 Å². The number of hydrogen-bond donors (Lipinski definition) is 1. The van der Waals surface area contributed by atoms with Crippen LogP contribution in [0.3, 0.4) is 0 Å². The Balaban J connectivity index is 1.75. The van der Waals surface area contributed by atoms with Crippen LogP contribution in [0.25, 0.3) is 5.69 Å². The lowest BCUT2D eigenvalue weighted by Crippen LogP contribution is -2.14. The van der Waals surface area contributed by atoms with Gasteiger partial charge in [-0.1, -0.05) is 23.9 Å². The Bertz CT molecular complexity index is 916. The van der Waals surface area contributed by atoms with Crippen molar-refractivity contribution >= 4 is 34.1 Å². The van der Waals surface area contributed by atoms with Crippen molar-refractivity contribution in [2.45, 2.75) is 32.9 Å². The van der Waals surface area contributed by atoms with Gasteiger partial charge in [-0.3, -0.25) is 9.36 Å². The molecule has 1 N–H and O–H groups in total. The van der Waals surface area contributed by atoms with Crippen molar-refractivity contribution in [1.82, 2.24) is 19.7 Å². The highest BCUT2D eigenvalue weighted by Crippen LogP contribution is 2.25. The standard InChI is InChI=1S/C17H19N5OS2/c1-10-5-6-11(2)14(7-10)22-13(4)20-21-17(22)24-9-15(23)19-16-18-8-12(3)25-16/h5-8H,9H2,1-4H3,(H,18,19,23). The van der Waals surface area contributed by atoms with Crippen molar-refractivity contribution in [1.29, 1.82) is 0 Å². The predicted octanol–water partition coefficient (Wildman–Crippen LogP) is 3.69. The minimum absolute atomic E-state index is 0.104. The summed E-state index contributed by atoms with van der Waals surface area (Å²) in [6, 6.07) is 6.26. The van der Waals surface area contributed by atoms with Crippen LogP contribution >= 0.6 is 23.1 Å². The van der Waals surface area contributed by atoms with E-state index in [1.807, 2.05) is 18.4 Å². The SMILES string of the molecule is Cc1ccc(C)c(-n2c(C)nnc2SCC(=O)Nc2ncc(C)s2)c1. The molecule has 0 atom stereocenters. The van der Waals surface area contributed by atoms with E-state index in [9.17, 15) is 4.79 Å². The monoisotopic (exact) mass is 373 g/mol. The molecule has 0 saturated heterocycles. The number of rotatable bonds is 5. The minimum Gasteiger partial charge on any atom is -0.301 e. The summed E-state index contributed by atoms with van der Waals surface area (Å²) in [5.74, 6) is 0.946. The molecule has 0 spiro atoms. The maximum atomic E-state index is 12.1. The van der Waals surface area contributed by atoms with Gasteiger partial charge in [0.05, 0.1) is 11.4 Å². The lowest BCUT2D eigenvalue weighted by molar-refractivity contribution is -0.113. The Morgan fingerprint density at radius 1 is 1.24 bits per heavy atom. The van der Waals surface area contributed by atoms with Gasteiger partial charge < -0.3 is 5.32 Å². The number of carbonyl (C=O) groups is 1. The average molecular weight is 374 g/mol. The van der Waals surface area contributed by atoms with Crippen LogP contribution in [0, 0.1) is 27.7 Å². The van der Waals surface area contributed by atoms with E-state index in [1.54, 1.807) is 6.20 Å². The van der Waals surface area contributed by atoms with Crippen LogP contribution in [0.2, 0.25) is 0 Å². The van der Waals surface area contributed by atoms with Gasteiger partial charge in [0.1, 0.15) is 5.82 Å². The number of amides is 1. The van der Waals surface area contributed by atoms with E-state index in [2.05, 4.69) is 52.5 Å². The number of aryl methyl sites for hydroxylation is 4. The summed E-state index contributed by atoms with van der Waals surface area (Å²) >= 11 is 2.83. The molecule has 1 amide bonds. The number of anilines is 1. The third-order valence-corrected chi connectivity index (χ3v) is 5.36. The first kappa shape index (κ1) is 17.6. The number of carbonyl (C=O) groups excluding carboxylic acids is 1. The lowest BCUT2D eigenvalue weighted by Gasteiger charge is -2.12. The predicted molar refractivity (Wildman–Crippen MR) is 102 cm³/mol. The normalized spacial score (nSPS) is 10.9. The van der Waals surface area contributed by atoms with Crippen LogP contribution < -0.4 is 5.32 Å². The summed E-state index contributed by atoms with van der Waals surface area (Å²) in [6.45, 7) is 7.98. The van der Waals surface area contributed by atoms with Gasteiger partial charge in [-0.2, -0.15) is 0 Å². The molecule has 0 saturated carbocycles. The summed E-state index contributed by atoms with van der Waals surface area (Å²) in [6.07, 6.45) is 1.74. The van der Waals surface area contributed by atoms with Gasteiger partial charge in [-0.15, -0.1) is 21.5 Å². The molecule has 0 unspecified atom stereocenters. The Morgan fingerprint density at radius 3 is 2.76 bits per heavy atom. The number of thiazole rings is 1. The number of nitrogens with one attached hydrogen (secondary N) is 1. The van der Waals surface area contributed by atoms with Crippen molar-refractivity contribution in [3.05, 3.63) is 46.2 Å². The van der Waals surface area contributed by atoms with Crippen molar-refractivity contribution in [2.75, 3.05) is 11.1 Å². The summed E-state index contributed by atoms with van der Waals surface area (Å²) in [7, 11) is 0. The molecule has 2 heterocycles. The molecule has 1 aromatic carbocycles. The van der Waals surface area contributed by atoms with E-state index >= 15 is 0 Å². The molecule has 0 fully saturated rings. The van der Waals surface area contributed by atoms with Crippen molar-refractivity contribution in [3.8, 4) is 5.69 Å². The molecule has 2 aromatic heterocycles. The minimum atomic E-state index is -0.104. The number of aromatic nitrogens is 4. The van der Waals surface area contributed by atoms with Gasteiger partial charge in [0, 0.05) is 11.1 Å². The zero-order valence-electron chi connectivity index (χ0n) is 14.5. The summed E-state index contributed by atoms with van der Waals surface area (Å²) in [5.41, 5.74) is 3.35. The fraction of sp³-hybridized carbons (Fsp3) is 0.294. The van der Waals surface area contributed by atoms with Crippen LogP contribution in [-0.4, -0.2) is 31.4 Å². The zero-order chi connectivity index (χ0) is 18.0. The number of hydrogen-bond acceptors (Lipinski definition) is 6. The third kappa shape index (κ3) is 4.08. The lowest BCUT2D eigenvalue weighted by atomic mass is 10.1. The molecule has 0 aliphatic heterocycles. The molecular formula is C17H19N5OS2. The highest BCUT2D eigenvalue weighted by molar-refractivity contribution is 7.99. The fourth-order valence-corrected chi connectivity index (χ4v) is 3.84. The topological polar surface area (TPSA) is 72.7 Å². The molecule has 3 aromatic rings. The van der Waals surface area contributed by atoms with Gasteiger partial charge in [0.2, 0.25) is 5.91 Å². The van der Waals surface area contributed by atoms with Crippen molar-refractivity contribution in [2.24, 2.45) is 0 Å². The largest absolute Gasteiger partial charge is 0.301 e. The van der Waals surface area contributed by atoms with Gasteiger partial charge in [-0.05, 0) is 44.9 Å². The molecular weight excluding hydrogens is 354 g/mol. The number of benzene rings is 1. The maximum Gasteiger partial charge on any atom is 0.236 e. The molecule has 130 valence electrons. The Labute approximate surface area is 154 Å².